The van der Waals surface area contributed by atoms with Crippen molar-refractivity contribution >= 4 is 11.1 Å². The minimum Gasteiger partial charge on any atom is -0.769 e. The maximum absolute atomic E-state index is 10.9. The van der Waals surface area contributed by atoms with Crippen molar-refractivity contribution in [3.8, 4) is 0 Å². The molecule has 16 heavy (non-hydrogen) atoms. The zero-order valence-corrected chi connectivity index (χ0v) is 9.61. The first-order valence-electron chi connectivity index (χ1n) is 4.84. The molecule has 1 aromatic carbocycles. The van der Waals surface area contributed by atoms with E-state index >= 15 is 0 Å². The second-order valence-corrected chi connectivity index (χ2v) is 4.52. The smallest absolute Gasteiger partial charge is 0.182 e. The summed E-state index contributed by atoms with van der Waals surface area (Å²) in [6.07, 6.45) is 0.0654. The van der Waals surface area contributed by atoms with Crippen molar-refractivity contribution in [3.63, 3.8) is 0 Å². The molecular formula is C10H15N2O3S-. The predicted octanol–water partition coefficient (Wildman–Crippen LogP) is 0.0436. The third kappa shape index (κ3) is 3.66. The van der Waals surface area contributed by atoms with Crippen LogP contribution >= 0.6 is 0 Å². The minimum absolute atomic E-state index is 0.0654. The summed E-state index contributed by atoms with van der Waals surface area (Å²) in [7, 11) is 0. The van der Waals surface area contributed by atoms with Gasteiger partial charge in [0.05, 0.1) is 6.61 Å². The maximum atomic E-state index is 10.9. The van der Waals surface area contributed by atoms with E-state index in [9.17, 15) is 8.76 Å². The molecule has 0 aliphatic carbocycles. The molecule has 0 aromatic heterocycles. The summed E-state index contributed by atoms with van der Waals surface area (Å²) in [6, 6.07) is 9.21. The van der Waals surface area contributed by atoms with Gasteiger partial charge >= 0.3 is 0 Å². The van der Waals surface area contributed by atoms with E-state index in [1.165, 1.54) is 0 Å². The van der Waals surface area contributed by atoms with Crippen molar-refractivity contribution in [1.82, 2.24) is 0 Å². The molecule has 0 saturated carbocycles. The lowest BCUT2D eigenvalue weighted by Gasteiger charge is -2.31. The molecular weight excluding hydrogens is 228 g/mol. The summed E-state index contributed by atoms with van der Waals surface area (Å²) in [5, 5.41) is -1.70. The standard InChI is InChI=1S/C10H16N2O3S/c11-7-6-10(12,16(13)14)15-8-9-4-2-1-3-5-9/h1-5H,6-8,11-12H2,(H,13,14)/p-1. The number of rotatable bonds is 6. The summed E-state index contributed by atoms with van der Waals surface area (Å²) < 4.78 is 27.1. The zero-order chi connectivity index (χ0) is 12.0. The second kappa shape index (κ2) is 6.07. The van der Waals surface area contributed by atoms with Crippen LogP contribution in [0.3, 0.4) is 0 Å². The lowest BCUT2D eigenvalue weighted by molar-refractivity contribution is 0.00424. The van der Waals surface area contributed by atoms with Crippen molar-refractivity contribution in [2.24, 2.45) is 11.5 Å². The number of hydrogen-bond acceptors (Lipinski definition) is 5. The van der Waals surface area contributed by atoms with E-state index in [1.807, 2.05) is 30.3 Å². The Kier molecular flexibility index (Phi) is 5.04. The predicted molar refractivity (Wildman–Crippen MR) is 60.7 cm³/mol. The van der Waals surface area contributed by atoms with E-state index in [2.05, 4.69) is 0 Å². The highest BCUT2D eigenvalue weighted by atomic mass is 32.2. The SMILES string of the molecule is NCCC(N)(OCc1ccccc1)S(=O)[O-]. The lowest BCUT2D eigenvalue weighted by Crippen LogP contribution is -2.48. The topological polar surface area (TPSA) is 101 Å². The van der Waals surface area contributed by atoms with Crippen molar-refractivity contribution in [2.45, 2.75) is 18.1 Å². The summed E-state index contributed by atoms with van der Waals surface area (Å²) in [6.45, 7) is 0.296. The van der Waals surface area contributed by atoms with E-state index in [1.54, 1.807) is 0 Å². The van der Waals surface area contributed by atoms with Gasteiger partial charge in [0.2, 0.25) is 0 Å². The van der Waals surface area contributed by atoms with Crippen molar-refractivity contribution in [3.05, 3.63) is 35.9 Å². The molecule has 1 aromatic rings. The third-order valence-electron chi connectivity index (χ3n) is 2.10. The molecule has 4 N–H and O–H groups in total. The Morgan fingerprint density at radius 2 is 2.00 bits per heavy atom. The first kappa shape index (κ1) is 13.3. The summed E-state index contributed by atoms with van der Waals surface area (Å²) in [5.74, 6) is 0. The highest BCUT2D eigenvalue weighted by Crippen LogP contribution is 2.14. The van der Waals surface area contributed by atoms with Crippen molar-refractivity contribution in [1.29, 1.82) is 0 Å². The van der Waals surface area contributed by atoms with E-state index in [-0.39, 0.29) is 19.6 Å². The van der Waals surface area contributed by atoms with Gasteiger partial charge in [-0.25, -0.2) is 0 Å². The molecule has 2 atom stereocenters. The Labute approximate surface area is 97.1 Å². The summed E-state index contributed by atoms with van der Waals surface area (Å²) >= 11 is -2.52. The van der Waals surface area contributed by atoms with E-state index in [0.29, 0.717) is 0 Å². The Balaban J connectivity index is 2.60. The average molecular weight is 243 g/mol. The first-order valence-corrected chi connectivity index (χ1v) is 5.92. The fraction of sp³-hybridized carbons (Fsp3) is 0.400. The summed E-state index contributed by atoms with van der Waals surface area (Å²) in [4.78, 5) is 0. The Bertz CT molecular complexity index is 347. The van der Waals surface area contributed by atoms with E-state index in [4.69, 9.17) is 16.2 Å². The molecule has 0 radical (unpaired) electrons. The molecule has 2 unspecified atom stereocenters. The number of nitrogens with two attached hydrogens (primary N) is 2. The van der Waals surface area contributed by atoms with Crippen LogP contribution < -0.4 is 11.5 Å². The van der Waals surface area contributed by atoms with Crippen LogP contribution in [-0.4, -0.2) is 20.4 Å². The van der Waals surface area contributed by atoms with Gasteiger partial charge in [0.15, 0.2) is 5.06 Å². The molecule has 0 aliphatic heterocycles. The number of hydrogen-bond donors (Lipinski definition) is 2. The number of ether oxygens (including phenoxy) is 1. The zero-order valence-electron chi connectivity index (χ0n) is 8.80. The van der Waals surface area contributed by atoms with Gasteiger partial charge in [-0.05, 0) is 23.2 Å². The van der Waals surface area contributed by atoms with Crippen LogP contribution in [0, 0.1) is 0 Å². The van der Waals surface area contributed by atoms with Crippen LogP contribution in [0.25, 0.3) is 0 Å². The van der Waals surface area contributed by atoms with Crippen LogP contribution in [0.4, 0.5) is 0 Å². The largest absolute Gasteiger partial charge is 0.769 e. The lowest BCUT2D eigenvalue weighted by atomic mass is 10.2. The van der Waals surface area contributed by atoms with Crippen LogP contribution in [0.15, 0.2) is 30.3 Å². The van der Waals surface area contributed by atoms with Gasteiger partial charge in [-0.3, -0.25) is 9.94 Å². The van der Waals surface area contributed by atoms with Gasteiger partial charge < -0.3 is 15.0 Å². The second-order valence-electron chi connectivity index (χ2n) is 3.36. The molecule has 90 valence electrons. The Morgan fingerprint density at radius 1 is 1.38 bits per heavy atom. The number of benzene rings is 1. The Hall–Kier alpha value is -0.790. The summed E-state index contributed by atoms with van der Waals surface area (Å²) in [5.41, 5.74) is 11.7. The molecule has 0 aliphatic rings. The van der Waals surface area contributed by atoms with Crippen LogP contribution in [0.2, 0.25) is 0 Å². The minimum atomic E-state index is -2.52. The van der Waals surface area contributed by atoms with E-state index in [0.717, 1.165) is 5.56 Å². The Morgan fingerprint density at radius 3 is 2.50 bits per heavy atom. The molecule has 0 fully saturated rings. The van der Waals surface area contributed by atoms with Crippen LogP contribution in [-0.2, 0) is 22.4 Å². The van der Waals surface area contributed by atoms with Gasteiger partial charge in [0.1, 0.15) is 0 Å². The molecule has 0 amide bonds. The average Bonchev–Trinajstić information content (AvgIpc) is 2.28. The van der Waals surface area contributed by atoms with Gasteiger partial charge in [0.25, 0.3) is 0 Å². The van der Waals surface area contributed by atoms with Crippen LogP contribution in [0.5, 0.6) is 0 Å². The van der Waals surface area contributed by atoms with Gasteiger partial charge in [-0.15, -0.1) is 0 Å². The molecule has 1 rings (SSSR count). The molecule has 6 heteroatoms. The van der Waals surface area contributed by atoms with Gasteiger partial charge in [-0.1, -0.05) is 30.3 Å². The molecule has 5 nitrogen and oxygen atoms in total. The molecule has 0 bridgehead atoms. The van der Waals surface area contributed by atoms with E-state index < -0.39 is 16.1 Å². The van der Waals surface area contributed by atoms with Gasteiger partial charge in [-0.2, -0.15) is 0 Å². The fourth-order valence-corrected chi connectivity index (χ4v) is 1.62. The van der Waals surface area contributed by atoms with Crippen molar-refractivity contribution < 1.29 is 13.5 Å². The third-order valence-corrected chi connectivity index (χ3v) is 2.99. The molecule has 0 heterocycles. The quantitative estimate of drug-likeness (QED) is 0.542. The first-order chi connectivity index (χ1) is 7.58. The molecule has 0 spiro atoms. The molecule has 0 saturated heterocycles. The van der Waals surface area contributed by atoms with Crippen LogP contribution in [0.1, 0.15) is 12.0 Å². The van der Waals surface area contributed by atoms with Crippen molar-refractivity contribution in [2.75, 3.05) is 6.54 Å². The fourth-order valence-electron chi connectivity index (χ4n) is 1.18. The van der Waals surface area contributed by atoms with Gasteiger partial charge in [0, 0.05) is 6.42 Å². The highest BCUT2D eigenvalue weighted by molar-refractivity contribution is 7.80. The monoisotopic (exact) mass is 243 g/mol. The highest BCUT2D eigenvalue weighted by Gasteiger charge is 2.26. The normalized spacial score (nSPS) is 16.7. The maximum Gasteiger partial charge on any atom is 0.182 e.